The summed E-state index contributed by atoms with van der Waals surface area (Å²) in [6.45, 7) is 3.76. The summed E-state index contributed by atoms with van der Waals surface area (Å²) in [7, 11) is 0. The highest BCUT2D eigenvalue weighted by atomic mass is 16.5. The number of aromatic nitrogens is 4. The quantitative estimate of drug-likeness (QED) is 0.755. The Hall–Kier alpha value is -2.96. The lowest BCUT2D eigenvalue weighted by molar-refractivity contribution is 0.0896. The van der Waals surface area contributed by atoms with E-state index in [0.29, 0.717) is 23.8 Å². The first-order chi connectivity index (χ1) is 11.2. The third-order valence-electron chi connectivity index (χ3n) is 3.44. The first-order valence-corrected chi connectivity index (χ1v) is 7.39. The minimum absolute atomic E-state index is 0.162. The first kappa shape index (κ1) is 15.0. The average molecular weight is 311 g/mol. The van der Waals surface area contributed by atoms with E-state index in [2.05, 4.69) is 25.7 Å². The molecular weight excluding hydrogens is 294 g/mol. The zero-order valence-corrected chi connectivity index (χ0v) is 12.9. The third kappa shape index (κ3) is 3.28. The summed E-state index contributed by atoms with van der Waals surface area (Å²) in [6.07, 6.45) is 0.669. The lowest BCUT2D eigenvalue weighted by Gasteiger charge is -2.11. The van der Waals surface area contributed by atoms with Crippen molar-refractivity contribution in [3.8, 4) is 11.3 Å². The van der Waals surface area contributed by atoms with Crippen molar-refractivity contribution in [2.45, 2.75) is 26.3 Å². The van der Waals surface area contributed by atoms with Crippen LogP contribution >= 0.6 is 0 Å². The fourth-order valence-corrected chi connectivity index (χ4v) is 2.22. The zero-order valence-electron chi connectivity index (χ0n) is 12.9. The number of carbonyl (C=O) groups excluding carboxylic acids is 1. The lowest BCUT2D eigenvalue weighted by atomic mass is 10.1. The summed E-state index contributed by atoms with van der Waals surface area (Å²) < 4.78 is 5.16. The van der Waals surface area contributed by atoms with Gasteiger partial charge in [-0.05, 0) is 13.3 Å². The lowest BCUT2D eigenvalue weighted by Crippen LogP contribution is -2.28. The Morgan fingerprint density at radius 3 is 2.78 bits per heavy atom. The Morgan fingerprint density at radius 1 is 1.35 bits per heavy atom. The topological polar surface area (TPSA) is 96.7 Å². The normalized spacial score (nSPS) is 12.1. The van der Waals surface area contributed by atoms with E-state index in [-0.39, 0.29) is 17.7 Å². The van der Waals surface area contributed by atoms with Gasteiger partial charge in [0.15, 0.2) is 5.82 Å². The van der Waals surface area contributed by atoms with Crippen LogP contribution < -0.4 is 5.32 Å². The van der Waals surface area contributed by atoms with Gasteiger partial charge in [-0.15, -0.1) is 0 Å². The van der Waals surface area contributed by atoms with Gasteiger partial charge >= 0.3 is 0 Å². The molecule has 7 heteroatoms. The second-order valence-corrected chi connectivity index (χ2v) is 5.16. The maximum absolute atomic E-state index is 12.3. The fourth-order valence-electron chi connectivity index (χ4n) is 2.22. The molecule has 2 aromatic heterocycles. The SMILES string of the molecule is CC[C@H](NC(=O)c1cc(-c2ccccc2)no1)c1n[nH]c(C)n1. The van der Waals surface area contributed by atoms with Crippen molar-refractivity contribution >= 4 is 5.91 Å². The van der Waals surface area contributed by atoms with Gasteiger partial charge in [0.25, 0.3) is 5.91 Å². The molecule has 0 saturated carbocycles. The standard InChI is InChI=1S/C16H17N5O2/c1-3-12(15-17-10(2)19-20-15)18-16(22)14-9-13(21-23-14)11-7-5-4-6-8-11/h4-9,12H,3H2,1-2H3,(H,18,22)(H,17,19,20)/t12-/m0/s1. The number of H-pyrrole nitrogens is 1. The van der Waals surface area contributed by atoms with E-state index < -0.39 is 0 Å². The van der Waals surface area contributed by atoms with Crippen molar-refractivity contribution in [2.75, 3.05) is 0 Å². The van der Waals surface area contributed by atoms with Crippen molar-refractivity contribution in [3.05, 3.63) is 53.8 Å². The largest absolute Gasteiger partial charge is 0.350 e. The summed E-state index contributed by atoms with van der Waals surface area (Å²) in [5, 5.41) is 13.7. The molecule has 0 unspecified atom stereocenters. The van der Waals surface area contributed by atoms with Crippen LogP contribution in [0.2, 0.25) is 0 Å². The predicted molar refractivity (Wildman–Crippen MR) is 83.6 cm³/mol. The molecule has 3 aromatic rings. The summed E-state index contributed by atoms with van der Waals surface area (Å²) in [5.41, 5.74) is 1.52. The Morgan fingerprint density at radius 2 is 2.13 bits per heavy atom. The van der Waals surface area contributed by atoms with Crippen LogP contribution in [0, 0.1) is 6.92 Å². The van der Waals surface area contributed by atoms with Crippen molar-refractivity contribution in [3.63, 3.8) is 0 Å². The van der Waals surface area contributed by atoms with Crippen molar-refractivity contribution < 1.29 is 9.32 Å². The van der Waals surface area contributed by atoms with Gasteiger partial charge < -0.3 is 9.84 Å². The molecule has 0 bridgehead atoms. The molecule has 1 atom stereocenters. The number of nitrogens with zero attached hydrogens (tertiary/aromatic N) is 3. The Bertz CT molecular complexity index is 794. The van der Waals surface area contributed by atoms with E-state index in [9.17, 15) is 4.79 Å². The van der Waals surface area contributed by atoms with Crippen LogP contribution in [0.3, 0.4) is 0 Å². The Kier molecular flexibility index (Phi) is 4.18. The molecule has 0 spiro atoms. The van der Waals surface area contributed by atoms with Crippen LogP contribution in [0.25, 0.3) is 11.3 Å². The number of nitrogens with one attached hydrogen (secondary N) is 2. The van der Waals surface area contributed by atoms with Crippen LogP contribution in [0.5, 0.6) is 0 Å². The predicted octanol–water partition coefficient (Wildman–Crippen LogP) is 2.65. The first-order valence-electron chi connectivity index (χ1n) is 7.39. The van der Waals surface area contributed by atoms with Crippen LogP contribution in [-0.4, -0.2) is 26.2 Å². The molecule has 0 fully saturated rings. The number of hydrogen-bond donors (Lipinski definition) is 2. The summed E-state index contributed by atoms with van der Waals surface area (Å²) in [5.74, 6) is 1.09. The summed E-state index contributed by atoms with van der Waals surface area (Å²) >= 11 is 0. The average Bonchev–Trinajstić information content (AvgIpc) is 3.22. The second-order valence-electron chi connectivity index (χ2n) is 5.16. The van der Waals surface area contributed by atoms with Gasteiger partial charge in [0.2, 0.25) is 5.76 Å². The van der Waals surface area contributed by atoms with Crippen LogP contribution in [0.4, 0.5) is 0 Å². The van der Waals surface area contributed by atoms with Crippen molar-refractivity contribution in [1.82, 2.24) is 25.7 Å². The highest BCUT2D eigenvalue weighted by Crippen LogP contribution is 2.19. The monoisotopic (exact) mass is 311 g/mol. The number of amides is 1. The summed E-state index contributed by atoms with van der Waals surface area (Å²) in [4.78, 5) is 16.6. The smallest absolute Gasteiger partial charge is 0.290 e. The van der Waals surface area contributed by atoms with Gasteiger partial charge in [-0.2, -0.15) is 5.10 Å². The molecule has 0 radical (unpaired) electrons. The molecule has 0 aliphatic heterocycles. The highest BCUT2D eigenvalue weighted by Gasteiger charge is 2.21. The number of rotatable bonds is 5. The van der Waals surface area contributed by atoms with Gasteiger partial charge in [-0.1, -0.05) is 42.4 Å². The van der Waals surface area contributed by atoms with Gasteiger partial charge in [-0.25, -0.2) is 4.98 Å². The molecule has 0 saturated heterocycles. The van der Waals surface area contributed by atoms with Gasteiger partial charge in [0, 0.05) is 11.6 Å². The maximum Gasteiger partial charge on any atom is 0.290 e. The molecule has 2 heterocycles. The van der Waals surface area contributed by atoms with E-state index in [1.165, 1.54) is 0 Å². The molecule has 0 aliphatic carbocycles. The Balaban J connectivity index is 1.74. The Labute approximate surface area is 133 Å². The zero-order chi connectivity index (χ0) is 16.2. The molecule has 7 nitrogen and oxygen atoms in total. The molecule has 0 aliphatic rings. The van der Waals surface area contributed by atoms with Crippen molar-refractivity contribution in [2.24, 2.45) is 0 Å². The number of aryl methyl sites for hydroxylation is 1. The van der Waals surface area contributed by atoms with Gasteiger partial charge in [0.1, 0.15) is 11.5 Å². The van der Waals surface area contributed by atoms with Crippen LogP contribution in [0.1, 0.15) is 41.6 Å². The molecule has 1 aromatic carbocycles. The highest BCUT2D eigenvalue weighted by molar-refractivity contribution is 5.92. The van der Waals surface area contributed by atoms with Crippen LogP contribution in [-0.2, 0) is 0 Å². The van der Waals surface area contributed by atoms with E-state index >= 15 is 0 Å². The minimum atomic E-state index is -0.339. The van der Waals surface area contributed by atoms with E-state index in [4.69, 9.17) is 4.52 Å². The molecular formula is C16H17N5O2. The molecule has 23 heavy (non-hydrogen) atoms. The molecule has 1 amide bonds. The van der Waals surface area contributed by atoms with Gasteiger partial charge in [0.05, 0.1) is 6.04 Å². The van der Waals surface area contributed by atoms with E-state index in [1.807, 2.05) is 44.2 Å². The van der Waals surface area contributed by atoms with Crippen LogP contribution in [0.15, 0.2) is 40.9 Å². The van der Waals surface area contributed by atoms with Gasteiger partial charge in [-0.3, -0.25) is 9.89 Å². The number of benzene rings is 1. The number of aromatic amines is 1. The maximum atomic E-state index is 12.3. The molecule has 118 valence electrons. The number of carbonyl (C=O) groups is 1. The minimum Gasteiger partial charge on any atom is -0.350 e. The molecule has 3 rings (SSSR count). The van der Waals surface area contributed by atoms with E-state index in [1.54, 1.807) is 6.07 Å². The van der Waals surface area contributed by atoms with E-state index in [0.717, 1.165) is 5.56 Å². The second kappa shape index (κ2) is 6.43. The van der Waals surface area contributed by atoms with Crippen molar-refractivity contribution in [1.29, 1.82) is 0 Å². The molecule has 2 N–H and O–H groups in total. The summed E-state index contributed by atoms with van der Waals surface area (Å²) in [6, 6.07) is 10.9. The third-order valence-corrected chi connectivity index (χ3v) is 3.44. The number of hydrogen-bond acceptors (Lipinski definition) is 5. The fraction of sp³-hybridized carbons (Fsp3) is 0.250.